The van der Waals surface area contributed by atoms with Crippen molar-refractivity contribution in [3.8, 4) is 0 Å². The van der Waals surface area contributed by atoms with Crippen LogP contribution in [0.1, 0.15) is 248 Å². The van der Waals surface area contributed by atoms with Crippen LogP contribution in [-0.2, 0) is 73.4 Å². The third kappa shape index (κ3) is 29.6. The number of nitrogens with one attached hydrogen (secondary N) is 2. The number of nitrogen functional groups attached to an aromatic ring is 3. The van der Waals surface area contributed by atoms with Crippen molar-refractivity contribution >= 4 is 71.2 Å². The second kappa shape index (κ2) is 35.6. The van der Waals surface area contributed by atoms with Gasteiger partial charge in [0.2, 0.25) is 5.95 Å². The summed E-state index contributed by atoms with van der Waals surface area (Å²) in [7, 11) is -17.2. The van der Waals surface area contributed by atoms with E-state index < -0.39 is 150 Å². The zero-order valence-corrected chi connectivity index (χ0v) is 73.6. The molecule has 6 aromatic rings. The minimum absolute atomic E-state index is 0.0373. The number of H-pyrrole nitrogens is 2. The van der Waals surface area contributed by atoms with Crippen LogP contribution in [0.15, 0.2) is 56.6 Å². The molecule has 0 spiro atoms. The van der Waals surface area contributed by atoms with Crippen LogP contribution in [0, 0.1) is 28.6 Å². The number of phosphoric acid groups is 4. The smallest absolute Gasteiger partial charge is 0.383 e. The Morgan fingerprint density at radius 1 is 0.447 bits per heavy atom. The van der Waals surface area contributed by atoms with E-state index in [4.69, 9.17) is 72.3 Å². The highest BCUT2D eigenvalue weighted by Gasteiger charge is 2.49. The number of aromatic amines is 2. The normalized spacial score (nSPS) is 25.5. The Labute approximate surface area is 663 Å². The van der Waals surface area contributed by atoms with Crippen LogP contribution < -0.4 is 39.7 Å². The fourth-order valence-electron chi connectivity index (χ4n) is 12.9. The maximum Gasteiger partial charge on any atom is 0.473 e. The molecule has 10 heterocycles. The first-order valence-electron chi connectivity index (χ1n) is 37.4. The summed E-state index contributed by atoms with van der Waals surface area (Å²) in [5, 5.41) is 0. The average Bonchev–Trinajstić information content (AvgIpc) is 1.63. The third-order valence-electron chi connectivity index (χ3n) is 16.7. The zero-order chi connectivity index (χ0) is 86.2. The fraction of sp³-hybridized carbons (Fsp3) is 0.746. The van der Waals surface area contributed by atoms with E-state index >= 15 is 0 Å². The van der Waals surface area contributed by atoms with E-state index in [9.17, 15) is 57.0 Å². The summed E-state index contributed by atoms with van der Waals surface area (Å²) in [6, 6.07) is 1.50. The van der Waals surface area contributed by atoms with E-state index in [1.165, 1.54) is 40.2 Å². The van der Waals surface area contributed by atoms with E-state index in [0.717, 1.165) is 0 Å². The van der Waals surface area contributed by atoms with Crippen molar-refractivity contribution in [3.63, 3.8) is 0 Å². The Hall–Kier alpha value is -5.86. The van der Waals surface area contributed by atoms with Gasteiger partial charge in [-0.1, -0.05) is 83.1 Å². The summed E-state index contributed by atoms with van der Waals surface area (Å²) in [5.74, 6) is 0.362. The number of anilines is 3. The standard InChI is InChI=1S/C18H30N5O6P.C18H30N5O5P.C18H31N2O7P.C17H30N3O6P/c1-17(2,3)8-11-10(28-30(25,26)29-18(4,5)6)7-12(27-11)23-9-20-13-14(23)21-16(19)22-15(13)24;1-17(2,3)8-12-11(27-29(24,25)28-18(4,5)6)7-13(26-12)23-10-22-14-15(19)20-9-21-16(14)23;1-11-10-20(16(22)19-15(11)21)14-8-12(13(25-14)9-17(2,3)4)26-28(23,24)27-18(5,6)7;1-16(2,3)10-12-11(25-27(22,23)26-17(4,5)6)9-14(24-12)20-8-7-13(18)19-15(20)21/h9-12H,7-8H2,1-6H3,(H,25,26)(H3,19,21,22,24);9-13H,7-8H2,1-6H3,(H,24,25)(H2,19,20,21);10,12-14H,8-9H2,1-7H3,(H,23,24)(H,19,21,22);7-8,11-12,14H,9-10H2,1-6H3,(H,22,23)(H2,18,19,21)/t10-,11-,12-;11-,12-,13-;12-,13-,14-;11-,12-,14-/m1111/s1. The van der Waals surface area contributed by atoms with E-state index in [1.54, 1.807) is 105 Å². The molecule has 10 rings (SSSR count). The highest BCUT2D eigenvalue weighted by molar-refractivity contribution is 7.48. The number of aryl methyl sites for hydroxylation is 1. The van der Waals surface area contributed by atoms with Crippen molar-refractivity contribution in [1.29, 1.82) is 0 Å². The molecule has 644 valence electrons. The fourth-order valence-corrected chi connectivity index (χ4v) is 18.1. The summed E-state index contributed by atoms with van der Waals surface area (Å²) < 4.78 is 123. The van der Waals surface area contributed by atoms with Gasteiger partial charge in [-0.15, -0.1) is 0 Å². The van der Waals surface area contributed by atoms with Gasteiger partial charge in [0.15, 0.2) is 22.6 Å². The SMILES string of the molecule is CC(C)(C)C[C@H]1O[C@@H](n2ccc(N)nc2=O)C[C@H]1OP(=O)(O)OC(C)(C)C.CC(C)(C)C[C@H]1O[C@@H](n2cnc3c(=O)[nH]c(N)nc32)C[C@H]1OP(=O)(O)OC(C)(C)C.CC(C)(C)C[C@H]1O[C@@H](n2cnc3c(N)ncnc32)C[C@H]1OP(=O)(O)OC(C)(C)C.Cc1cn([C@H]2C[C@@H](OP(=O)(O)OC(C)(C)C)[C@@H](CC(C)(C)C)O2)c(=O)[nH]c1=O. The van der Waals surface area contributed by atoms with Crippen LogP contribution in [-0.4, -0.2) is 149 Å². The monoisotopic (exact) mass is 1690 g/mol. The summed E-state index contributed by atoms with van der Waals surface area (Å²) in [5.41, 5.74) is 13.0. The van der Waals surface area contributed by atoms with Gasteiger partial charge in [0.25, 0.3) is 11.1 Å². The maximum absolute atomic E-state index is 12.6. The lowest BCUT2D eigenvalue weighted by Gasteiger charge is -2.29. The van der Waals surface area contributed by atoms with Crippen molar-refractivity contribution < 1.29 is 93.0 Å². The molecule has 6 aromatic heterocycles. The predicted molar refractivity (Wildman–Crippen MR) is 424 cm³/mol. The van der Waals surface area contributed by atoms with Crippen molar-refractivity contribution in [3.05, 3.63) is 84.7 Å². The zero-order valence-electron chi connectivity index (χ0n) is 70.0. The van der Waals surface area contributed by atoms with Crippen LogP contribution >= 0.6 is 31.3 Å². The molecular weight excluding hydrogens is 1570 g/mol. The number of hydrogen-bond acceptors (Lipinski definition) is 29. The van der Waals surface area contributed by atoms with E-state index in [-0.39, 0.29) is 69.7 Å². The van der Waals surface area contributed by atoms with E-state index in [2.05, 4.69) is 60.6 Å². The van der Waals surface area contributed by atoms with Crippen LogP contribution in [0.5, 0.6) is 0 Å². The van der Waals surface area contributed by atoms with Gasteiger partial charge in [-0.05, 0) is 143 Å². The van der Waals surface area contributed by atoms with Gasteiger partial charge < -0.3 is 55.7 Å². The Morgan fingerprint density at radius 3 is 1.12 bits per heavy atom. The maximum atomic E-state index is 12.6. The van der Waals surface area contributed by atoms with Crippen LogP contribution in [0.25, 0.3) is 22.3 Å². The Balaban J connectivity index is 0.000000211. The number of fused-ring (bicyclic) bond motifs is 2. The molecule has 0 radical (unpaired) electrons. The molecule has 16 atom stereocenters. The molecule has 114 heavy (non-hydrogen) atoms. The minimum atomic E-state index is -4.34. The molecule has 43 heteroatoms. The second-order valence-electron chi connectivity index (χ2n) is 37.7. The molecule has 0 aliphatic carbocycles. The Kier molecular flexibility index (Phi) is 29.8. The number of imidazole rings is 2. The van der Waals surface area contributed by atoms with Gasteiger partial charge in [-0.25, -0.2) is 47.8 Å². The van der Waals surface area contributed by atoms with Crippen molar-refractivity contribution in [2.45, 2.75) is 321 Å². The van der Waals surface area contributed by atoms with Gasteiger partial charge in [-0.3, -0.25) is 74.0 Å². The molecule has 0 aromatic carbocycles. The van der Waals surface area contributed by atoms with Crippen molar-refractivity contribution in [2.75, 3.05) is 17.2 Å². The molecule has 4 aliphatic heterocycles. The topological polar surface area (TPSA) is 535 Å². The number of nitrogens with zero attached hydrogens (tertiary/aromatic N) is 10. The molecule has 0 amide bonds. The van der Waals surface area contributed by atoms with Gasteiger partial charge in [-0.2, -0.15) is 9.97 Å². The van der Waals surface area contributed by atoms with Crippen LogP contribution in [0.3, 0.4) is 0 Å². The first-order valence-corrected chi connectivity index (χ1v) is 43.4. The largest absolute Gasteiger partial charge is 0.473 e. The predicted octanol–water partition coefficient (Wildman–Crippen LogP) is 11.9. The number of ether oxygens (including phenoxy) is 4. The molecule has 12 N–H and O–H groups in total. The lowest BCUT2D eigenvalue weighted by atomic mass is 9.87. The quantitative estimate of drug-likeness (QED) is 0.0321. The molecule has 0 bridgehead atoms. The number of hydrogen-bond donors (Lipinski definition) is 9. The summed E-state index contributed by atoms with van der Waals surface area (Å²) in [6.45, 7) is 46.1. The minimum Gasteiger partial charge on any atom is -0.383 e. The molecule has 4 aliphatic rings. The number of aromatic nitrogens is 12. The van der Waals surface area contributed by atoms with Gasteiger partial charge in [0.1, 0.15) is 42.6 Å². The Morgan fingerprint density at radius 2 is 0.781 bits per heavy atom. The summed E-state index contributed by atoms with van der Waals surface area (Å²) in [6.07, 6.45) is 3.46. The van der Waals surface area contributed by atoms with Gasteiger partial charge >= 0.3 is 42.7 Å². The van der Waals surface area contributed by atoms with Gasteiger partial charge in [0, 0.05) is 43.6 Å². The van der Waals surface area contributed by atoms with Crippen LogP contribution in [0.2, 0.25) is 0 Å². The Bertz CT molecular complexity index is 4740. The summed E-state index contributed by atoms with van der Waals surface area (Å²) >= 11 is 0. The highest BCUT2D eigenvalue weighted by atomic mass is 31.2. The van der Waals surface area contributed by atoms with Crippen molar-refractivity contribution in [2.24, 2.45) is 21.7 Å². The van der Waals surface area contributed by atoms with E-state index in [1.807, 2.05) is 62.3 Å². The first kappa shape index (κ1) is 95.3. The number of phosphoric ester groups is 4. The van der Waals surface area contributed by atoms with E-state index in [0.29, 0.717) is 48.8 Å². The second-order valence-corrected chi connectivity index (χ2v) is 43.0. The van der Waals surface area contributed by atoms with Gasteiger partial charge in [0.05, 0.1) is 83.9 Å². The number of nitrogens with two attached hydrogens (primary N) is 3. The molecular formula is C71H121N15O24P4. The molecule has 4 saturated heterocycles. The summed E-state index contributed by atoms with van der Waals surface area (Å²) in [4.78, 5) is 118. The first-order chi connectivity index (χ1) is 51.6. The molecule has 4 unspecified atom stereocenters. The third-order valence-corrected chi connectivity index (χ3v) is 21.9. The average molecular weight is 1690 g/mol. The molecule has 39 nitrogen and oxygen atoms in total. The lowest BCUT2D eigenvalue weighted by Crippen LogP contribution is -2.33. The molecule has 0 saturated carbocycles. The lowest BCUT2D eigenvalue weighted by molar-refractivity contribution is -0.0427. The number of rotatable bonds is 20. The molecule has 4 fully saturated rings. The highest BCUT2D eigenvalue weighted by Crippen LogP contribution is 2.56. The van der Waals surface area contributed by atoms with Crippen molar-refractivity contribution in [1.82, 2.24) is 58.1 Å². The van der Waals surface area contributed by atoms with Crippen LogP contribution in [0.4, 0.5) is 17.6 Å².